The number of aromatic nitrogens is 4. The Balaban J connectivity index is 1.33. The van der Waals surface area contributed by atoms with Crippen LogP contribution >= 0.6 is 0 Å². The standard InChI is InChI=1S/C18H21FN6O2/c1-2-15-21-16(23-22-15)10-20-18(26)25-7-5-11(6-8-25)17-13-4-3-12(19)9-14(13)27-24-17/h3-4,9,11H,2,5-8,10H2,1H3,(H,20,26)(H,21,22,23). The first kappa shape index (κ1) is 17.4. The largest absolute Gasteiger partial charge is 0.356 e. The van der Waals surface area contributed by atoms with E-state index in [1.165, 1.54) is 12.1 Å². The van der Waals surface area contributed by atoms with Crippen molar-refractivity contribution >= 4 is 17.0 Å². The minimum atomic E-state index is -0.338. The van der Waals surface area contributed by atoms with Gasteiger partial charge in [0.15, 0.2) is 11.4 Å². The minimum absolute atomic E-state index is 0.116. The van der Waals surface area contributed by atoms with E-state index >= 15 is 0 Å². The highest BCUT2D eigenvalue weighted by Crippen LogP contribution is 2.32. The Labute approximate surface area is 155 Å². The lowest BCUT2D eigenvalue weighted by atomic mass is 9.92. The Kier molecular flexibility index (Phi) is 4.74. The predicted molar refractivity (Wildman–Crippen MR) is 95.5 cm³/mol. The first-order chi connectivity index (χ1) is 13.1. The smallest absolute Gasteiger partial charge is 0.317 e. The summed E-state index contributed by atoms with van der Waals surface area (Å²) in [7, 11) is 0. The molecule has 3 heterocycles. The number of H-pyrrole nitrogens is 1. The Bertz CT molecular complexity index is 944. The molecule has 4 rings (SSSR count). The molecule has 2 amide bonds. The maximum Gasteiger partial charge on any atom is 0.317 e. The third kappa shape index (κ3) is 3.62. The van der Waals surface area contributed by atoms with Gasteiger partial charge in [0.25, 0.3) is 0 Å². The summed E-state index contributed by atoms with van der Waals surface area (Å²) in [5.74, 6) is 1.24. The number of carbonyl (C=O) groups excluding carboxylic acids is 1. The Morgan fingerprint density at radius 2 is 2.22 bits per heavy atom. The van der Waals surface area contributed by atoms with Crippen molar-refractivity contribution in [3.05, 3.63) is 41.4 Å². The van der Waals surface area contributed by atoms with Crippen molar-refractivity contribution in [1.82, 2.24) is 30.6 Å². The van der Waals surface area contributed by atoms with Gasteiger partial charge in [-0.1, -0.05) is 12.1 Å². The van der Waals surface area contributed by atoms with Gasteiger partial charge in [-0.3, -0.25) is 5.10 Å². The number of piperidine rings is 1. The van der Waals surface area contributed by atoms with Crippen molar-refractivity contribution in [3.63, 3.8) is 0 Å². The van der Waals surface area contributed by atoms with Gasteiger partial charge < -0.3 is 14.7 Å². The lowest BCUT2D eigenvalue weighted by Crippen LogP contribution is -2.44. The molecule has 1 aromatic carbocycles. The van der Waals surface area contributed by atoms with Gasteiger partial charge in [-0.2, -0.15) is 5.10 Å². The van der Waals surface area contributed by atoms with E-state index in [4.69, 9.17) is 4.52 Å². The van der Waals surface area contributed by atoms with Crippen LogP contribution in [0.4, 0.5) is 9.18 Å². The molecule has 0 unspecified atom stereocenters. The molecule has 0 spiro atoms. The monoisotopic (exact) mass is 372 g/mol. The lowest BCUT2D eigenvalue weighted by Gasteiger charge is -2.31. The third-order valence-electron chi connectivity index (χ3n) is 4.93. The van der Waals surface area contributed by atoms with Gasteiger partial charge in [-0.15, -0.1) is 0 Å². The number of hydrogen-bond acceptors (Lipinski definition) is 5. The number of halogens is 1. The summed E-state index contributed by atoms with van der Waals surface area (Å²) in [6.07, 6.45) is 2.32. The van der Waals surface area contributed by atoms with E-state index in [1.54, 1.807) is 11.0 Å². The molecule has 0 atom stereocenters. The molecule has 9 heteroatoms. The number of aryl methyl sites for hydroxylation is 1. The van der Waals surface area contributed by atoms with E-state index in [0.717, 1.165) is 36.2 Å². The summed E-state index contributed by atoms with van der Waals surface area (Å²) < 4.78 is 18.6. The van der Waals surface area contributed by atoms with Crippen molar-refractivity contribution in [2.45, 2.75) is 38.6 Å². The number of aromatic amines is 1. The molecule has 0 bridgehead atoms. The predicted octanol–water partition coefficient (Wildman–Crippen LogP) is 2.74. The zero-order valence-electron chi connectivity index (χ0n) is 15.0. The number of amides is 2. The molecule has 1 aliphatic heterocycles. The molecule has 0 aliphatic carbocycles. The van der Waals surface area contributed by atoms with E-state index < -0.39 is 0 Å². The summed E-state index contributed by atoms with van der Waals surface area (Å²) in [5, 5.41) is 14.7. The molecule has 1 aliphatic rings. The van der Waals surface area contributed by atoms with E-state index in [2.05, 4.69) is 25.7 Å². The van der Waals surface area contributed by atoms with Gasteiger partial charge in [0, 0.05) is 36.9 Å². The first-order valence-corrected chi connectivity index (χ1v) is 9.11. The van der Waals surface area contributed by atoms with E-state index in [9.17, 15) is 9.18 Å². The summed E-state index contributed by atoms with van der Waals surface area (Å²) in [5.41, 5.74) is 1.31. The Hall–Kier alpha value is -2.97. The lowest BCUT2D eigenvalue weighted by molar-refractivity contribution is 0.180. The summed E-state index contributed by atoms with van der Waals surface area (Å²) in [6.45, 7) is 3.56. The fraction of sp³-hybridized carbons (Fsp3) is 0.444. The van der Waals surface area contributed by atoms with E-state index in [-0.39, 0.29) is 17.8 Å². The second-order valence-electron chi connectivity index (χ2n) is 6.68. The quantitative estimate of drug-likeness (QED) is 0.733. The number of urea groups is 1. The summed E-state index contributed by atoms with van der Waals surface area (Å²) in [6, 6.07) is 4.35. The van der Waals surface area contributed by atoms with Gasteiger partial charge in [0.05, 0.1) is 12.2 Å². The van der Waals surface area contributed by atoms with Crippen LogP contribution in [0.25, 0.3) is 11.0 Å². The summed E-state index contributed by atoms with van der Waals surface area (Å²) in [4.78, 5) is 18.4. The molecule has 142 valence electrons. The molecule has 1 fully saturated rings. The van der Waals surface area contributed by atoms with Crippen molar-refractivity contribution in [1.29, 1.82) is 0 Å². The van der Waals surface area contributed by atoms with Crippen LogP contribution in [0.2, 0.25) is 0 Å². The van der Waals surface area contributed by atoms with Crippen molar-refractivity contribution in [2.24, 2.45) is 0 Å². The van der Waals surface area contributed by atoms with Crippen LogP contribution in [-0.4, -0.2) is 44.4 Å². The van der Waals surface area contributed by atoms with Crippen LogP contribution < -0.4 is 5.32 Å². The second-order valence-corrected chi connectivity index (χ2v) is 6.68. The van der Waals surface area contributed by atoms with Crippen molar-refractivity contribution in [2.75, 3.05) is 13.1 Å². The molecule has 2 N–H and O–H groups in total. The highest BCUT2D eigenvalue weighted by atomic mass is 19.1. The molecule has 1 saturated heterocycles. The van der Waals surface area contributed by atoms with Crippen LogP contribution in [0.1, 0.15) is 43.0 Å². The number of benzene rings is 1. The van der Waals surface area contributed by atoms with Crippen LogP contribution in [0.3, 0.4) is 0 Å². The fourth-order valence-corrected chi connectivity index (χ4v) is 3.42. The average Bonchev–Trinajstić information content (AvgIpc) is 3.32. The van der Waals surface area contributed by atoms with Gasteiger partial charge >= 0.3 is 6.03 Å². The second kappa shape index (κ2) is 7.34. The molecular formula is C18H21FN6O2. The summed E-state index contributed by atoms with van der Waals surface area (Å²) >= 11 is 0. The SMILES string of the molecule is CCc1n[nH]c(CNC(=O)N2CCC(c3noc4cc(F)ccc34)CC2)n1. The maximum absolute atomic E-state index is 13.3. The van der Waals surface area contributed by atoms with Crippen LogP contribution in [0.5, 0.6) is 0 Å². The average molecular weight is 372 g/mol. The maximum atomic E-state index is 13.3. The number of nitrogens with zero attached hydrogens (tertiary/aromatic N) is 4. The van der Waals surface area contributed by atoms with Crippen LogP contribution in [-0.2, 0) is 13.0 Å². The van der Waals surface area contributed by atoms with Gasteiger partial charge in [0.1, 0.15) is 11.6 Å². The zero-order valence-corrected chi connectivity index (χ0v) is 15.0. The number of hydrogen-bond donors (Lipinski definition) is 2. The van der Waals surface area contributed by atoms with Gasteiger partial charge in [0.2, 0.25) is 0 Å². The minimum Gasteiger partial charge on any atom is -0.356 e. The highest BCUT2D eigenvalue weighted by molar-refractivity contribution is 5.80. The number of likely N-dealkylation sites (tertiary alicyclic amines) is 1. The number of nitrogens with one attached hydrogen (secondary N) is 2. The fourth-order valence-electron chi connectivity index (χ4n) is 3.42. The Morgan fingerprint density at radius 3 is 2.96 bits per heavy atom. The van der Waals surface area contributed by atoms with Crippen LogP contribution in [0, 0.1) is 5.82 Å². The molecule has 27 heavy (non-hydrogen) atoms. The normalized spacial score (nSPS) is 15.4. The highest BCUT2D eigenvalue weighted by Gasteiger charge is 2.27. The molecule has 2 aromatic heterocycles. The Morgan fingerprint density at radius 1 is 1.41 bits per heavy atom. The number of fused-ring (bicyclic) bond motifs is 1. The van der Waals surface area contributed by atoms with Crippen molar-refractivity contribution in [3.8, 4) is 0 Å². The molecular weight excluding hydrogens is 351 g/mol. The molecule has 8 nitrogen and oxygen atoms in total. The molecule has 3 aromatic rings. The van der Waals surface area contributed by atoms with Crippen LogP contribution in [0.15, 0.2) is 22.7 Å². The molecule has 0 saturated carbocycles. The topological polar surface area (TPSA) is 99.9 Å². The van der Waals surface area contributed by atoms with Crippen molar-refractivity contribution < 1.29 is 13.7 Å². The number of rotatable bonds is 4. The van der Waals surface area contributed by atoms with E-state index in [1.807, 2.05) is 6.92 Å². The van der Waals surface area contributed by atoms with E-state index in [0.29, 0.717) is 31.0 Å². The zero-order chi connectivity index (χ0) is 18.8. The van der Waals surface area contributed by atoms with Gasteiger partial charge in [-0.25, -0.2) is 14.2 Å². The number of carbonyl (C=O) groups is 1. The molecule has 0 radical (unpaired) electrons. The van der Waals surface area contributed by atoms with Gasteiger partial charge in [-0.05, 0) is 25.0 Å². The third-order valence-corrected chi connectivity index (χ3v) is 4.93. The first-order valence-electron chi connectivity index (χ1n) is 9.11.